The number of carbonyl (C=O) groups excluding carboxylic acids is 1. The number of nitro groups is 1. The highest BCUT2D eigenvalue weighted by atomic mass is 35.5. The van der Waals surface area contributed by atoms with Crippen molar-refractivity contribution < 1.29 is 9.72 Å². The van der Waals surface area contributed by atoms with E-state index in [0.29, 0.717) is 5.69 Å². The summed E-state index contributed by atoms with van der Waals surface area (Å²) in [6, 6.07) is 4.48. The molecule has 0 aliphatic heterocycles. The van der Waals surface area contributed by atoms with E-state index in [-0.39, 0.29) is 11.3 Å². The number of rotatable bonds is 7. The second-order valence-corrected chi connectivity index (χ2v) is 4.96. The maximum atomic E-state index is 11.2. The molecule has 6 nitrogen and oxygen atoms in total. The summed E-state index contributed by atoms with van der Waals surface area (Å²) in [7, 11) is 3.93. The lowest BCUT2D eigenvalue weighted by atomic mass is 10.1. The van der Waals surface area contributed by atoms with Gasteiger partial charge in [0.2, 0.25) is 0 Å². The van der Waals surface area contributed by atoms with Crippen molar-refractivity contribution in [1.29, 1.82) is 0 Å². The maximum absolute atomic E-state index is 11.2. The van der Waals surface area contributed by atoms with Gasteiger partial charge in [0.1, 0.15) is 5.56 Å². The molecule has 0 aliphatic rings. The molecule has 0 aliphatic carbocycles. The van der Waals surface area contributed by atoms with E-state index in [9.17, 15) is 14.9 Å². The maximum Gasteiger partial charge on any atom is 0.283 e. The molecular formula is C13H18ClN3O3. The van der Waals surface area contributed by atoms with Gasteiger partial charge >= 0.3 is 0 Å². The smallest absolute Gasteiger partial charge is 0.283 e. The van der Waals surface area contributed by atoms with E-state index in [4.69, 9.17) is 11.6 Å². The fraction of sp³-hybridized carbons (Fsp3) is 0.462. The Bertz CT molecular complexity index is 506. The van der Waals surface area contributed by atoms with E-state index in [1.165, 1.54) is 12.1 Å². The highest BCUT2D eigenvalue weighted by molar-refractivity contribution is 6.68. The van der Waals surface area contributed by atoms with E-state index in [1.54, 1.807) is 6.07 Å². The molecule has 0 unspecified atom stereocenters. The fourth-order valence-corrected chi connectivity index (χ4v) is 1.98. The number of hydrogen-bond acceptors (Lipinski definition) is 5. The molecule has 0 saturated carbocycles. The van der Waals surface area contributed by atoms with Gasteiger partial charge in [-0.2, -0.15) is 0 Å². The Morgan fingerprint density at radius 1 is 1.35 bits per heavy atom. The zero-order valence-electron chi connectivity index (χ0n) is 11.8. The zero-order valence-corrected chi connectivity index (χ0v) is 12.6. The van der Waals surface area contributed by atoms with Crippen molar-refractivity contribution >= 4 is 28.2 Å². The largest absolute Gasteiger partial charge is 0.370 e. The van der Waals surface area contributed by atoms with Crippen molar-refractivity contribution in [3.05, 3.63) is 33.9 Å². The van der Waals surface area contributed by atoms with Gasteiger partial charge < -0.3 is 9.80 Å². The Labute approximate surface area is 123 Å². The van der Waals surface area contributed by atoms with E-state index in [0.717, 1.165) is 19.6 Å². The van der Waals surface area contributed by atoms with Crippen molar-refractivity contribution in [1.82, 2.24) is 4.90 Å². The number of hydrogen-bond donors (Lipinski definition) is 0. The summed E-state index contributed by atoms with van der Waals surface area (Å²) < 4.78 is 0. The van der Waals surface area contributed by atoms with Crippen molar-refractivity contribution in [2.24, 2.45) is 0 Å². The first-order valence-corrected chi connectivity index (χ1v) is 6.62. The average molecular weight is 300 g/mol. The minimum atomic E-state index is -0.820. The van der Waals surface area contributed by atoms with E-state index < -0.39 is 10.2 Å². The number of carbonyl (C=O) groups is 1. The van der Waals surface area contributed by atoms with Crippen LogP contribution >= 0.6 is 11.6 Å². The Balaban J connectivity index is 3.09. The van der Waals surface area contributed by atoms with Crippen molar-refractivity contribution in [3.63, 3.8) is 0 Å². The molecule has 0 aromatic heterocycles. The molecule has 1 aromatic carbocycles. The monoisotopic (exact) mass is 299 g/mol. The minimum Gasteiger partial charge on any atom is -0.370 e. The van der Waals surface area contributed by atoms with Gasteiger partial charge in [0.05, 0.1) is 4.92 Å². The van der Waals surface area contributed by atoms with E-state index in [1.807, 2.05) is 30.8 Å². The molecule has 20 heavy (non-hydrogen) atoms. The van der Waals surface area contributed by atoms with Gasteiger partial charge in [-0.25, -0.2) is 0 Å². The molecule has 0 radical (unpaired) electrons. The summed E-state index contributed by atoms with van der Waals surface area (Å²) in [4.78, 5) is 25.7. The summed E-state index contributed by atoms with van der Waals surface area (Å²) in [5.41, 5.74) is 0.373. The van der Waals surface area contributed by atoms with Gasteiger partial charge in [-0.05, 0) is 44.8 Å². The molecule has 0 amide bonds. The third kappa shape index (κ3) is 4.18. The highest BCUT2D eigenvalue weighted by Gasteiger charge is 2.20. The molecule has 110 valence electrons. The molecule has 0 N–H and O–H groups in total. The molecule has 1 aromatic rings. The lowest BCUT2D eigenvalue weighted by Crippen LogP contribution is -2.31. The predicted octanol–water partition coefficient (Wildman–Crippen LogP) is 2.36. The average Bonchev–Trinajstić information content (AvgIpc) is 2.38. The number of nitrogens with zero attached hydrogens (tertiary/aromatic N) is 3. The number of benzene rings is 1. The quantitative estimate of drug-likeness (QED) is 0.439. The van der Waals surface area contributed by atoms with Crippen LogP contribution < -0.4 is 4.90 Å². The summed E-state index contributed by atoms with van der Waals surface area (Å²) in [6.45, 7) is 4.27. The molecule has 7 heteroatoms. The summed E-state index contributed by atoms with van der Waals surface area (Å²) in [6.07, 6.45) is 0. The molecule has 0 spiro atoms. The number of likely N-dealkylation sites (N-methyl/N-ethyl adjacent to an activating group) is 2. The summed E-state index contributed by atoms with van der Waals surface area (Å²) >= 11 is 5.36. The molecule has 0 saturated heterocycles. The zero-order chi connectivity index (χ0) is 15.3. The van der Waals surface area contributed by atoms with Crippen LogP contribution in [0.2, 0.25) is 0 Å². The van der Waals surface area contributed by atoms with Crippen LogP contribution in [0.25, 0.3) is 0 Å². The van der Waals surface area contributed by atoms with Crippen LogP contribution in [-0.4, -0.2) is 48.8 Å². The van der Waals surface area contributed by atoms with Crippen LogP contribution in [0.4, 0.5) is 11.4 Å². The Kier molecular flexibility index (Phi) is 5.91. The van der Waals surface area contributed by atoms with Crippen molar-refractivity contribution in [2.45, 2.75) is 6.92 Å². The third-order valence-electron chi connectivity index (χ3n) is 2.95. The summed E-state index contributed by atoms with van der Waals surface area (Å²) in [5.74, 6) is 0. The molecule has 0 fully saturated rings. The Morgan fingerprint density at radius 2 is 2.00 bits per heavy atom. The number of halogens is 1. The first-order chi connectivity index (χ1) is 9.36. The number of anilines is 1. The Morgan fingerprint density at radius 3 is 2.45 bits per heavy atom. The summed E-state index contributed by atoms with van der Waals surface area (Å²) in [5, 5.41) is 10.2. The van der Waals surface area contributed by atoms with Crippen LogP contribution in [0.1, 0.15) is 17.3 Å². The van der Waals surface area contributed by atoms with Crippen molar-refractivity contribution in [2.75, 3.05) is 38.6 Å². The van der Waals surface area contributed by atoms with Crippen molar-refractivity contribution in [3.8, 4) is 0 Å². The van der Waals surface area contributed by atoms with Crippen LogP contribution in [0.15, 0.2) is 18.2 Å². The van der Waals surface area contributed by atoms with Gasteiger partial charge in [-0.1, -0.05) is 0 Å². The third-order valence-corrected chi connectivity index (χ3v) is 3.16. The molecule has 0 heterocycles. The van der Waals surface area contributed by atoms with E-state index >= 15 is 0 Å². The molecule has 0 atom stereocenters. The van der Waals surface area contributed by atoms with Gasteiger partial charge in [0.25, 0.3) is 10.9 Å². The first-order valence-electron chi connectivity index (χ1n) is 6.24. The lowest BCUT2D eigenvalue weighted by Gasteiger charge is -2.24. The highest BCUT2D eigenvalue weighted by Crippen LogP contribution is 2.26. The molecule has 0 bridgehead atoms. The lowest BCUT2D eigenvalue weighted by molar-refractivity contribution is -0.385. The minimum absolute atomic E-state index is 0.0796. The SMILES string of the molecule is CCN(CCN(C)C)c1ccc(C(=O)Cl)c([N+](=O)[O-])c1. The van der Waals surface area contributed by atoms with Crippen LogP contribution in [0.5, 0.6) is 0 Å². The van der Waals surface area contributed by atoms with Crippen LogP contribution in [-0.2, 0) is 0 Å². The first kappa shape index (κ1) is 16.4. The molecular weight excluding hydrogens is 282 g/mol. The van der Waals surface area contributed by atoms with Gasteiger partial charge in [-0.3, -0.25) is 14.9 Å². The topological polar surface area (TPSA) is 66.7 Å². The van der Waals surface area contributed by atoms with Crippen LogP contribution in [0, 0.1) is 10.1 Å². The predicted molar refractivity (Wildman–Crippen MR) is 79.7 cm³/mol. The second-order valence-electron chi connectivity index (χ2n) is 4.62. The van der Waals surface area contributed by atoms with E-state index in [2.05, 4.69) is 0 Å². The standard InChI is InChI=1S/C13H18ClN3O3/c1-4-16(8-7-15(2)3)10-5-6-11(13(14)18)12(9-10)17(19)20/h5-6,9H,4,7-8H2,1-3H3. The molecule has 1 rings (SSSR count). The van der Waals surface area contributed by atoms with Crippen LogP contribution in [0.3, 0.4) is 0 Å². The number of nitro benzene ring substituents is 1. The Hall–Kier alpha value is -1.66. The fourth-order valence-electron chi connectivity index (χ4n) is 1.82. The normalized spacial score (nSPS) is 10.7. The van der Waals surface area contributed by atoms with Gasteiger partial charge in [0, 0.05) is 31.4 Å². The van der Waals surface area contributed by atoms with Gasteiger partial charge in [-0.15, -0.1) is 0 Å². The second kappa shape index (κ2) is 7.21. The van der Waals surface area contributed by atoms with Gasteiger partial charge in [0.15, 0.2) is 0 Å².